The number of hydrogen-bond donors (Lipinski definition) is 12. The van der Waals surface area contributed by atoms with Crippen LogP contribution in [0.15, 0.2) is 85.1 Å². The number of unbranched alkanes of at least 4 members (excludes halogenated alkanes) is 15. The van der Waals surface area contributed by atoms with Crippen molar-refractivity contribution in [3.8, 4) is 0 Å². The lowest BCUT2D eigenvalue weighted by Gasteiger charge is -2.48. The van der Waals surface area contributed by atoms with Crippen LogP contribution in [0.25, 0.3) is 0 Å². The van der Waals surface area contributed by atoms with Gasteiger partial charge in [0.1, 0.15) is 73.2 Å². The van der Waals surface area contributed by atoms with Crippen LogP contribution in [0.2, 0.25) is 0 Å². The first-order chi connectivity index (χ1) is 39.3. The second-order valence-electron chi connectivity index (χ2n) is 21.4. The van der Waals surface area contributed by atoms with Crippen molar-refractivity contribution in [1.29, 1.82) is 0 Å². The van der Waals surface area contributed by atoms with Crippen molar-refractivity contribution in [3.63, 3.8) is 0 Å². The van der Waals surface area contributed by atoms with Gasteiger partial charge in [0.15, 0.2) is 18.9 Å². The summed E-state index contributed by atoms with van der Waals surface area (Å²) in [5, 5.41) is 120. The molecule has 19 nitrogen and oxygen atoms in total. The maximum Gasteiger partial charge on any atom is 0.220 e. The van der Waals surface area contributed by atoms with E-state index in [1.165, 1.54) is 44.9 Å². The fraction of sp³-hybridized carbons (Fsp3) is 0.758. The van der Waals surface area contributed by atoms with Crippen LogP contribution >= 0.6 is 0 Å². The van der Waals surface area contributed by atoms with Crippen LogP contribution in [0.5, 0.6) is 0 Å². The molecule has 81 heavy (non-hydrogen) atoms. The number of amides is 1. The Morgan fingerprint density at radius 3 is 1.38 bits per heavy atom. The van der Waals surface area contributed by atoms with Crippen LogP contribution in [0.4, 0.5) is 0 Å². The first-order valence-corrected chi connectivity index (χ1v) is 30.3. The normalized spacial score (nSPS) is 30.4. The van der Waals surface area contributed by atoms with Crippen molar-refractivity contribution in [2.45, 2.75) is 272 Å². The Hall–Kier alpha value is -3.03. The zero-order valence-corrected chi connectivity index (χ0v) is 48.5. The molecule has 3 saturated heterocycles. The van der Waals surface area contributed by atoms with Crippen molar-refractivity contribution in [2.24, 2.45) is 0 Å². The SMILES string of the molecule is CC/C=C\C/C=C\C/C=C\C/C=C\CCCCCCCCC(=O)NC(COC1OC(CO)C(OC2OC(CO)C(OC3OC(CO)C(O)C(O)C3O)C(O)C2O)C(O)C1O)C(O)/C=C/CC/C=C/CC/C=C/CCCCCCCCC. The molecular weight excluding hydrogens is 1050 g/mol. The highest BCUT2D eigenvalue weighted by atomic mass is 16.8. The summed E-state index contributed by atoms with van der Waals surface area (Å²) >= 11 is 0. The molecule has 0 aliphatic carbocycles. The van der Waals surface area contributed by atoms with E-state index in [4.69, 9.17) is 28.4 Å². The first-order valence-electron chi connectivity index (χ1n) is 30.3. The molecule has 466 valence electrons. The van der Waals surface area contributed by atoms with Crippen LogP contribution < -0.4 is 5.32 Å². The second kappa shape index (κ2) is 44.4. The lowest BCUT2D eigenvalue weighted by atomic mass is 9.96. The third-order valence-electron chi connectivity index (χ3n) is 14.7. The van der Waals surface area contributed by atoms with E-state index in [-0.39, 0.29) is 18.9 Å². The molecule has 0 saturated carbocycles. The van der Waals surface area contributed by atoms with Crippen molar-refractivity contribution < 1.29 is 89.4 Å². The van der Waals surface area contributed by atoms with Crippen molar-refractivity contribution in [2.75, 3.05) is 26.4 Å². The quantitative estimate of drug-likeness (QED) is 0.0261. The molecule has 17 atom stereocenters. The number of carbonyl (C=O) groups excluding carboxylic acids is 1. The highest BCUT2D eigenvalue weighted by molar-refractivity contribution is 5.76. The molecule has 0 spiro atoms. The lowest BCUT2D eigenvalue weighted by Crippen LogP contribution is -2.66. The molecular formula is C62H105NO18. The molecule has 0 aromatic rings. The van der Waals surface area contributed by atoms with Gasteiger partial charge < -0.3 is 89.9 Å². The smallest absolute Gasteiger partial charge is 0.220 e. The van der Waals surface area contributed by atoms with Gasteiger partial charge in [-0.2, -0.15) is 0 Å². The number of rotatable bonds is 43. The van der Waals surface area contributed by atoms with Gasteiger partial charge in [-0.3, -0.25) is 4.79 Å². The Kier molecular flexibility index (Phi) is 39.6. The van der Waals surface area contributed by atoms with E-state index < -0.39 is 124 Å². The van der Waals surface area contributed by atoms with E-state index in [9.17, 15) is 61.0 Å². The summed E-state index contributed by atoms with van der Waals surface area (Å²) in [4.78, 5) is 13.3. The highest BCUT2D eigenvalue weighted by Gasteiger charge is 2.53. The summed E-state index contributed by atoms with van der Waals surface area (Å²) in [6.07, 6.45) is 27.0. The van der Waals surface area contributed by atoms with Gasteiger partial charge in [-0.15, -0.1) is 0 Å². The minimum atomic E-state index is -1.99. The van der Waals surface area contributed by atoms with Crippen molar-refractivity contribution in [1.82, 2.24) is 5.32 Å². The molecule has 0 bridgehead atoms. The molecule has 0 aromatic carbocycles. The topological polar surface area (TPSA) is 307 Å². The Labute approximate surface area is 482 Å². The van der Waals surface area contributed by atoms with Crippen LogP contribution in [-0.4, -0.2) is 193 Å². The molecule has 12 N–H and O–H groups in total. The number of aliphatic hydroxyl groups is 11. The summed E-state index contributed by atoms with van der Waals surface area (Å²) < 4.78 is 34.2. The predicted octanol–water partition coefficient (Wildman–Crippen LogP) is 5.59. The minimum Gasteiger partial charge on any atom is -0.394 e. The average molecular weight is 1150 g/mol. The monoisotopic (exact) mass is 1150 g/mol. The third kappa shape index (κ3) is 28.1. The molecule has 0 radical (unpaired) electrons. The van der Waals surface area contributed by atoms with Crippen molar-refractivity contribution in [3.05, 3.63) is 85.1 Å². The van der Waals surface area contributed by atoms with E-state index in [1.807, 2.05) is 6.08 Å². The van der Waals surface area contributed by atoms with Gasteiger partial charge in [0.05, 0.1) is 38.6 Å². The van der Waals surface area contributed by atoms with Gasteiger partial charge in [0, 0.05) is 6.42 Å². The molecule has 19 heteroatoms. The fourth-order valence-electron chi connectivity index (χ4n) is 9.68. The average Bonchev–Trinajstić information content (AvgIpc) is 3.51. The van der Waals surface area contributed by atoms with E-state index in [0.717, 1.165) is 89.9 Å². The molecule has 3 aliphatic rings. The maximum absolute atomic E-state index is 13.3. The van der Waals surface area contributed by atoms with Gasteiger partial charge in [-0.25, -0.2) is 0 Å². The number of nitrogens with one attached hydrogen (secondary N) is 1. The zero-order valence-electron chi connectivity index (χ0n) is 48.5. The van der Waals surface area contributed by atoms with Gasteiger partial charge in [-0.05, 0) is 83.5 Å². The maximum atomic E-state index is 13.3. The standard InChI is InChI=1S/C62H105NO18/c1-3-5-7-9-11-13-15-17-19-21-22-24-26-28-30-32-34-36-38-40-50(68)63-45(46(67)39-37-35-33-31-29-27-25-23-20-18-16-14-12-10-8-6-4-2)44-76-60-56(74)53(71)58(48(42-65)78-60)81-62-57(75)54(72)59(49(43-66)79-62)80-61-55(73)52(70)51(69)47(41-64)77-61/h5,7,11,13,17,19-20,22-24,29,31,37,39,45-49,51-62,64-67,69-75H,3-4,6,8-10,12,14-16,18,21,25-28,30,32-36,38,40-44H2,1-2H3,(H,63,68)/b7-5-,13-11-,19-17-,23-20+,24-22-,31-29+,39-37+. The highest BCUT2D eigenvalue weighted by Crippen LogP contribution is 2.33. The number of allylic oxidation sites excluding steroid dienone is 13. The van der Waals surface area contributed by atoms with E-state index >= 15 is 0 Å². The summed E-state index contributed by atoms with van der Waals surface area (Å²) in [7, 11) is 0. The van der Waals surface area contributed by atoms with Crippen LogP contribution in [0.1, 0.15) is 168 Å². The van der Waals surface area contributed by atoms with Crippen LogP contribution in [0, 0.1) is 0 Å². The Bertz CT molecular complexity index is 1810. The molecule has 3 fully saturated rings. The number of hydrogen-bond acceptors (Lipinski definition) is 18. The zero-order chi connectivity index (χ0) is 59.0. The number of carbonyl (C=O) groups is 1. The molecule has 3 aliphatic heterocycles. The predicted molar refractivity (Wildman–Crippen MR) is 309 cm³/mol. The van der Waals surface area contributed by atoms with E-state index in [0.29, 0.717) is 12.8 Å². The van der Waals surface area contributed by atoms with Crippen LogP contribution in [-0.2, 0) is 33.2 Å². The first kappa shape index (κ1) is 72.2. The number of ether oxygens (including phenoxy) is 6. The Morgan fingerprint density at radius 2 is 0.864 bits per heavy atom. The Morgan fingerprint density at radius 1 is 0.457 bits per heavy atom. The van der Waals surface area contributed by atoms with Gasteiger partial charge >= 0.3 is 0 Å². The van der Waals surface area contributed by atoms with Gasteiger partial charge in [0.25, 0.3) is 0 Å². The molecule has 0 aromatic heterocycles. The molecule has 3 heterocycles. The van der Waals surface area contributed by atoms with Crippen LogP contribution in [0.3, 0.4) is 0 Å². The van der Waals surface area contributed by atoms with E-state index in [2.05, 4.69) is 92.1 Å². The molecule has 17 unspecified atom stereocenters. The summed E-state index contributed by atoms with van der Waals surface area (Å²) in [6, 6.07) is -1.01. The summed E-state index contributed by atoms with van der Waals surface area (Å²) in [5.74, 6) is -0.308. The molecule has 3 rings (SSSR count). The fourth-order valence-corrected chi connectivity index (χ4v) is 9.68. The van der Waals surface area contributed by atoms with E-state index in [1.54, 1.807) is 6.08 Å². The Balaban J connectivity index is 1.53. The summed E-state index contributed by atoms with van der Waals surface area (Å²) in [5.41, 5.74) is 0. The number of aliphatic hydroxyl groups excluding tert-OH is 11. The molecule has 1 amide bonds. The summed E-state index contributed by atoms with van der Waals surface area (Å²) in [6.45, 7) is 1.54. The third-order valence-corrected chi connectivity index (χ3v) is 14.7. The minimum absolute atomic E-state index is 0.211. The largest absolute Gasteiger partial charge is 0.394 e. The van der Waals surface area contributed by atoms with Gasteiger partial charge in [0.2, 0.25) is 5.91 Å². The van der Waals surface area contributed by atoms with Crippen molar-refractivity contribution >= 4 is 5.91 Å². The van der Waals surface area contributed by atoms with Gasteiger partial charge in [-0.1, -0.05) is 163 Å². The lowest BCUT2D eigenvalue weighted by molar-refractivity contribution is -0.379. The second-order valence-corrected chi connectivity index (χ2v) is 21.4.